The van der Waals surface area contributed by atoms with Gasteiger partial charge in [0.1, 0.15) is 11.6 Å². The van der Waals surface area contributed by atoms with E-state index < -0.39 is 0 Å². The van der Waals surface area contributed by atoms with Crippen molar-refractivity contribution in [2.45, 2.75) is 19.4 Å². The molecule has 0 spiro atoms. The number of amidine groups is 1. The Bertz CT molecular complexity index is 531. The lowest BCUT2D eigenvalue weighted by molar-refractivity contribution is -0.128. The number of likely N-dealkylation sites (tertiary alicyclic amines) is 1. The number of methoxy groups -OCH3 is 1. The van der Waals surface area contributed by atoms with Crippen molar-refractivity contribution in [3.63, 3.8) is 0 Å². The predicted octanol–water partition coefficient (Wildman–Crippen LogP) is 2.05. The van der Waals surface area contributed by atoms with Crippen LogP contribution in [-0.4, -0.2) is 36.2 Å². The highest BCUT2D eigenvalue weighted by atomic mass is 35.5. The fraction of sp³-hybridized carbons (Fsp3) is 0.429. The molecule has 1 amide bonds. The molecule has 0 aromatic heterocycles. The molecule has 1 aliphatic rings. The number of amides is 1. The van der Waals surface area contributed by atoms with Crippen LogP contribution >= 0.6 is 11.6 Å². The zero-order chi connectivity index (χ0) is 14.5. The standard InChI is InChI=1S/C14H18ClN3O2/c1-20-12-5-4-11(17-13(16)8-15)7-10(12)9-18-6-2-3-14(18)19/h4-5,7H,2-3,6,8-9H2,1H3,(H2,16,17). The summed E-state index contributed by atoms with van der Waals surface area (Å²) in [6, 6.07) is 5.52. The van der Waals surface area contributed by atoms with Crippen molar-refractivity contribution < 1.29 is 9.53 Å². The molecule has 2 rings (SSSR count). The summed E-state index contributed by atoms with van der Waals surface area (Å²) in [7, 11) is 1.61. The van der Waals surface area contributed by atoms with E-state index in [9.17, 15) is 4.79 Å². The van der Waals surface area contributed by atoms with Crippen LogP contribution in [0.15, 0.2) is 23.2 Å². The van der Waals surface area contributed by atoms with Gasteiger partial charge in [-0.05, 0) is 24.6 Å². The minimum absolute atomic E-state index is 0.182. The lowest BCUT2D eigenvalue weighted by Crippen LogP contribution is -2.24. The number of hydrogen-bond acceptors (Lipinski definition) is 3. The second-order valence-corrected chi connectivity index (χ2v) is 4.92. The number of nitrogens with zero attached hydrogens (tertiary/aromatic N) is 2. The van der Waals surface area contributed by atoms with Gasteiger partial charge in [0, 0.05) is 25.1 Å². The van der Waals surface area contributed by atoms with Gasteiger partial charge in [-0.25, -0.2) is 4.99 Å². The van der Waals surface area contributed by atoms with Crippen molar-refractivity contribution in [3.8, 4) is 5.75 Å². The van der Waals surface area contributed by atoms with Crippen LogP contribution < -0.4 is 10.5 Å². The number of halogens is 1. The lowest BCUT2D eigenvalue weighted by atomic mass is 10.1. The van der Waals surface area contributed by atoms with Gasteiger partial charge in [-0.2, -0.15) is 0 Å². The molecular weight excluding hydrogens is 278 g/mol. The van der Waals surface area contributed by atoms with E-state index in [4.69, 9.17) is 22.1 Å². The molecule has 0 unspecified atom stereocenters. The maximum atomic E-state index is 11.7. The first-order valence-electron chi connectivity index (χ1n) is 6.47. The van der Waals surface area contributed by atoms with E-state index in [0.717, 1.165) is 24.3 Å². The number of carbonyl (C=O) groups is 1. The van der Waals surface area contributed by atoms with Gasteiger partial charge in [0.2, 0.25) is 5.91 Å². The fourth-order valence-corrected chi connectivity index (χ4v) is 2.29. The second kappa shape index (κ2) is 6.61. The van der Waals surface area contributed by atoms with E-state index in [-0.39, 0.29) is 11.8 Å². The van der Waals surface area contributed by atoms with Crippen molar-refractivity contribution in [3.05, 3.63) is 23.8 Å². The molecular formula is C14H18ClN3O2. The number of nitrogens with two attached hydrogens (primary N) is 1. The van der Waals surface area contributed by atoms with Crippen LogP contribution in [0.1, 0.15) is 18.4 Å². The van der Waals surface area contributed by atoms with E-state index in [0.29, 0.717) is 24.5 Å². The molecule has 1 aliphatic heterocycles. The first-order chi connectivity index (χ1) is 9.63. The molecule has 0 atom stereocenters. The summed E-state index contributed by atoms with van der Waals surface area (Å²) in [4.78, 5) is 17.7. The van der Waals surface area contributed by atoms with Crippen LogP contribution in [-0.2, 0) is 11.3 Å². The van der Waals surface area contributed by atoms with Crippen molar-refractivity contribution in [2.75, 3.05) is 19.5 Å². The first kappa shape index (κ1) is 14.7. The van der Waals surface area contributed by atoms with E-state index in [1.54, 1.807) is 7.11 Å². The molecule has 5 nitrogen and oxygen atoms in total. The van der Waals surface area contributed by atoms with Gasteiger partial charge in [-0.3, -0.25) is 4.79 Å². The van der Waals surface area contributed by atoms with Crippen molar-refractivity contribution in [1.29, 1.82) is 0 Å². The molecule has 2 N–H and O–H groups in total. The Labute approximate surface area is 123 Å². The Morgan fingerprint density at radius 2 is 2.35 bits per heavy atom. The number of ether oxygens (including phenoxy) is 1. The molecule has 1 saturated heterocycles. The van der Waals surface area contributed by atoms with Gasteiger partial charge in [0.05, 0.1) is 18.7 Å². The van der Waals surface area contributed by atoms with Gasteiger partial charge in [0.25, 0.3) is 0 Å². The molecule has 0 aliphatic carbocycles. The van der Waals surface area contributed by atoms with Gasteiger partial charge in [-0.15, -0.1) is 11.6 Å². The van der Waals surface area contributed by atoms with Crippen LogP contribution in [0, 0.1) is 0 Å². The number of hydrogen-bond donors (Lipinski definition) is 1. The molecule has 1 aromatic carbocycles. The zero-order valence-electron chi connectivity index (χ0n) is 11.4. The molecule has 1 aromatic rings. The molecule has 0 radical (unpaired) electrons. The highest BCUT2D eigenvalue weighted by Crippen LogP contribution is 2.27. The molecule has 108 valence electrons. The van der Waals surface area contributed by atoms with Gasteiger partial charge in [-0.1, -0.05) is 0 Å². The maximum Gasteiger partial charge on any atom is 0.222 e. The average molecular weight is 296 g/mol. The fourth-order valence-electron chi connectivity index (χ4n) is 2.23. The molecule has 6 heteroatoms. The van der Waals surface area contributed by atoms with E-state index in [2.05, 4.69) is 4.99 Å². The topological polar surface area (TPSA) is 67.9 Å². The van der Waals surface area contributed by atoms with Crippen LogP contribution in [0.3, 0.4) is 0 Å². The third-order valence-electron chi connectivity index (χ3n) is 3.21. The summed E-state index contributed by atoms with van der Waals surface area (Å²) in [6.07, 6.45) is 1.54. The third kappa shape index (κ3) is 3.42. The van der Waals surface area contributed by atoms with Gasteiger partial charge < -0.3 is 15.4 Å². The minimum Gasteiger partial charge on any atom is -0.496 e. The van der Waals surface area contributed by atoms with E-state index >= 15 is 0 Å². The summed E-state index contributed by atoms with van der Waals surface area (Å²) >= 11 is 5.62. The van der Waals surface area contributed by atoms with E-state index in [1.165, 1.54) is 0 Å². The summed E-state index contributed by atoms with van der Waals surface area (Å²) in [6.45, 7) is 1.32. The van der Waals surface area contributed by atoms with Gasteiger partial charge in [0.15, 0.2) is 0 Å². The van der Waals surface area contributed by atoms with Crippen molar-refractivity contribution in [2.24, 2.45) is 10.7 Å². The Morgan fingerprint density at radius 3 is 2.95 bits per heavy atom. The highest BCUT2D eigenvalue weighted by Gasteiger charge is 2.21. The summed E-state index contributed by atoms with van der Waals surface area (Å²) in [5, 5.41) is 0. The van der Waals surface area contributed by atoms with Gasteiger partial charge >= 0.3 is 0 Å². The lowest BCUT2D eigenvalue weighted by Gasteiger charge is -2.18. The Morgan fingerprint density at radius 1 is 1.55 bits per heavy atom. The van der Waals surface area contributed by atoms with Crippen LogP contribution in [0.5, 0.6) is 5.75 Å². The highest BCUT2D eigenvalue weighted by molar-refractivity contribution is 6.28. The molecule has 0 bridgehead atoms. The number of carbonyl (C=O) groups excluding carboxylic acids is 1. The average Bonchev–Trinajstić information content (AvgIpc) is 2.84. The largest absolute Gasteiger partial charge is 0.496 e. The number of rotatable bonds is 5. The molecule has 20 heavy (non-hydrogen) atoms. The van der Waals surface area contributed by atoms with Crippen molar-refractivity contribution >= 4 is 29.0 Å². The van der Waals surface area contributed by atoms with Crippen LogP contribution in [0.4, 0.5) is 5.69 Å². The molecule has 1 heterocycles. The van der Waals surface area contributed by atoms with Crippen molar-refractivity contribution in [1.82, 2.24) is 4.90 Å². The predicted molar refractivity (Wildman–Crippen MR) is 79.6 cm³/mol. The summed E-state index contributed by atoms with van der Waals surface area (Å²) in [5.74, 6) is 1.47. The normalized spacial score (nSPS) is 15.8. The Kier molecular flexibility index (Phi) is 4.84. The maximum absolute atomic E-state index is 11.7. The van der Waals surface area contributed by atoms with Crippen LogP contribution in [0.2, 0.25) is 0 Å². The Hall–Kier alpha value is -1.75. The minimum atomic E-state index is 0.182. The number of alkyl halides is 1. The summed E-state index contributed by atoms with van der Waals surface area (Å²) in [5.41, 5.74) is 7.27. The number of aliphatic imine (C=N–C) groups is 1. The molecule has 0 saturated carbocycles. The van der Waals surface area contributed by atoms with E-state index in [1.807, 2.05) is 23.1 Å². The summed E-state index contributed by atoms with van der Waals surface area (Å²) < 4.78 is 5.33. The SMILES string of the molecule is COc1ccc(N=C(N)CCl)cc1CN1CCCC1=O. The third-order valence-corrected chi connectivity index (χ3v) is 3.48. The first-order valence-corrected chi connectivity index (χ1v) is 7.01. The van der Waals surface area contributed by atoms with Crippen LogP contribution in [0.25, 0.3) is 0 Å². The number of benzene rings is 1. The second-order valence-electron chi connectivity index (χ2n) is 4.65. The quantitative estimate of drug-likeness (QED) is 0.513. The Balaban J connectivity index is 2.24. The zero-order valence-corrected chi connectivity index (χ0v) is 12.2. The smallest absolute Gasteiger partial charge is 0.222 e. The monoisotopic (exact) mass is 295 g/mol. The molecule has 1 fully saturated rings.